The van der Waals surface area contributed by atoms with Gasteiger partial charge in [0.1, 0.15) is 6.54 Å². The summed E-state index contributed by atoms with van der Waals surface area (Å²) in [5.74, 6) is 0. The third kappa shape index (κ3) is 3.35. The Morgan fingerprint density at radius 1 is 1.19 bits per heavy atom. The maximum atomic E-state index is 6.12. The van der Waals surface area contributed by atoms with Crippen molar-refractivity contribution in [1.82, 2.24) is 4.57 Å². The van der Waals surface area contributed by atoms with Gasteiger partial charge >= 0.3 is 0 Å². The number of nitrogens with one attached hydrogen (secondary N) is 1. The number of benzene rings is 2. The Labute approximate surface area is 138 Å². The second-order valence-electron chi connectivity index (χ2n) is 5.19. The van der Waals surface area contributed by atoms with Crippen molar-refractivity contribution < 1.29 is 4.90 Å². The molecule has 3 rings (SSSR count). The van der Waals surface area contributed by atoms with Crippen molar-refractivity contribution >= 4 is 45.4 Å². The van der Waals surface area contributed by atoms with E-state index in [2.05, 4.69) is 35.9 Å². The SMILES string of the molecule is C[NH+](Cc1ccccc1)Cn1c(=S)sc2ccc(Cl)cc21. The van der Waals surface area contributed by atoms with Gasteiger partial charge in [-0.25, -0.2) is 0 Å². The van der Waals surface area contributed by atoms with Crippen molar-refractivity contribution in [2.45, 2.75) is 13.2 Å². The van der Waals surface area contributed by atoms with Gasteiger partial charge in [0.2, 0.25) is 0 Å². The number of thiazole rings is 1. The van der Waals surface area contributed by atoms with Crippen LogP contribution in [0, 0.1) is 3.95 Å². The molecular weight excluding hydrogens is 320 g/mol. The van der Waals surface area contributed by atoms with Crippen molar-refractivity contribution in [2.24, 2.45) is 0 Å². The van der Waals surface area contributed by atoms with E-state index in [-0.39, 0.29) is 0 Å². The Morgan fingerprint density at radius 2 is 1.95 bits per heavy atom. The number of rotatable bonds is 4. The van der Waals surface area contributed by atoms with E-state index in [1.165, 1.54) is 15.2 Å². The second kappa shape index (κ2) is 6.28. The lowest BCUT2D eigenvalue weighted by molar-refractivity contribution is -0.916. The van der Waals surface area contributed by atoms with Crippen LogP contribution in [0.5, 0.6) is 0 Å². The summed E-state index contributed by atoms with van der Waals surface area (Å²) in [6.45, 7) is 1.81. The molecule has 1 heterocycles. The van der Waals surface area contributed by atoms with Gasteiger partial charge in [-0.2, -0.15) is 0 Å². The first-order valence-corrected chi connectivity index (χ1v) is 8.38. The lowest BCUT2D eigenvalue weighted by atomic mass is 10.2. The molecule has 5 heteroatoms. The smallest absolute Gasteiger partial charge is 0.166 e. The molecular formula is C16H16ClN2S2+. The van der Waals surface area contributed by atoms with Crippen molar-refractivity contribution in [1.29, 1.82) is 0 Å². The van der Waals surface area contributed by atoms with Gasteiger partial charge in [0.05, 0.1) is 17.3 Å². The van der Waals surface area contributed by atoms with E-state index in [1.807, 2.05) is 24.3 Å². The molecule has 0 bridgehead atoms. The van der Waals surface area contributed by atoms with E-state index in [0.717, 1.165) is 27.7 Å². The summed E-state index contributed by atoms with van der Waals surface area (Å²) < 4.78 is 4.27. The van der Waals surface area contributed by atoms with Crippen LogP contribution < -0.4 is 4.90 Å². The Kier molecular flexibility index (Phi) is 4.40. The molecule has 0 saturated carbocycles. The Bertz CT molecular complexity index is 808. The molecule has 1 unspecified atom stereocenters. The molecule has 1 atom stereocenters. The van der Waals surface area contributed by atoms with E-state index in [1.54, 1.807) is 11.3 Å². The molecule has 0 amide bonds. The van der Waals surface area contributed by atoms with Crippen LogP contribution in [-0.4, -0.2) is 11.6 Å². The molecule has 0 aliphatic heterocycles. The van der Waals surface area contributed by atoms with E-state index < -0.39 is 0 Å². The van der Waals surface area contributed by atoms with Gasteiger partial charge in [-0.3, -0.25) is 4.57 Å². The number of quaternary nitrogens is 1. The summed E-state index contributed by atoms with van der Waals surface area (Å²) in [7, 11) is 2.18. The molecule has 0 fully saturated rings. The minimum Gasteiger partial charge on any atom is -0.316 e. The van der Waals surface area contributed by atoms with Gasteiger partial charge in [0.25, 0.3) is 0 Å². The van der Waals surface area contributed by atoms with Crippen LogP contribution in [0.15, 0.2) is 48.5 Å². The zero-order valence-corrected chi connectivity index (χ0v) is 14.1. The monoisotopic (exact) mass is 335 g/mol. The molecule has 1 aromatic heterocycles. The number of hydrogen-bond acceptors (Lipinski definition) is 2. The molecule has 21 heavy (non-hydrogen) atoms. The summed E-state index contributed by atoms with van der Waals surface area (Å²) in [5.41, 5.74) is 2.46. The highest BCUT2D eigenvalue weighted by molar-refractivity contribution is 7.73. The maximum absolute atomic E-state index is 6.12. The topological polar surface area (TPSA) is 9.37 Å². The lowest BCUT2D eigenvalue weighted by Crippen LogP contribution is -3.06. The summed E-state index contributed by atoms with van der Waals surface area (Å²) in [5, 5.41) is 0.754. The fourth-order valence-corrected chi connectivity index (χ4v) is 3.92. The van der Waals surface area contributed by atoms with Crippen molar-refractivity contribution in [3.8, 4) is 0 Å². The molecule has 0 spiro atoms. The maximum Gasteiger partial charge on any atom is 0.166 e. The number of aromatic nitrogens is 1. The van der Waals surface area contributed by atoms with Gasteiger partial charge in [-0.1, -0.05) is 41.9 Å². The van der Waals surface area contributed by atoms with Crippen molar-refractivity contribution in [2.75, 3.05) is 7.05 Å². The molecule has 0 radical (unpaired) electrons. The average Bonchev–Trinajstić information content (AvgIpc) is 2.76. The fraction of sp³-hybridized carbons (Fsp3) is 0.188. The minimum atomic E-state index is 0.754. The van der Waals surface area contributed by atoms with Gasteiger partial charge in [-0.05, 0) is 30.4 Å². The van der Waals surface area contributed by atoms with Crippen LogP contribution in [-0.2, 0) is 13.2 Å². The highest BCUT2D eigenvalue weighted by Gasteiger charge is 2.10. The summed E-state index contributed by atoms with van der Waals surface area (Å²) in [4.78, 5) is 1.39. The zero-order valence-electron chi connectivity index (χ0n) is 11.7. The first-order valence-electron chi connectivity index (χ1n) is 6.77. The van der Waals surface area contributed by atoms with Crippen LogP contribution in [0.1, 0.15) is 5.56 Å². The predicted octanol–water partition coefficient (Wildman–Crippen LogP) is 3.76. The van der Waals surface area contributed by atoms with Crippen LogP contribution in [0.2, 0.25) is 5.02 Å². The van der Waals surface area contributed by atoms with Crippen molar-refractivity contribution in [3.63, 3.8) is 0 Å². The lowest BCUT2D eigenvalue weighted by Gasteiger charge is -2.15. The number of nitrogens with zero attached hydrogens (tertiary/aromatic N) is 1. The second-order valence-corrected chi connectivity index (χ2v) is 7.30. The Hall–Kier alpha value is -1.20. The zero-order chi connectivity index (χ0) is 14.8. The molecule has 108 valence electrons. The first kappa shape index (κ1) is 14.7. The van der Waals surface area contributed by atoms with Crippen molar-refractivity contribution in [3.05, 3.63) is 63.1 Å². The Balaban J connectivity index is 1.86. The Morgan fingerprint density at radius 3 is 2.71 bits per heavy atom. The summed E-state index contributed by atoms with van der Waals surface area (Å²) >= 11 is 13.3. The predicted molar refractivity (Wildman–Crippen MR) is 92.7 cm³/mol. The summed E-state index contributed by atoms with van der Waals surface area (Å²) in [6, 6.07) is 16.5. The third-order valence-corrected chi connectivity index (χ3v) is 5.07. The van der Waals surface area contributed by atoms with Gasteiger partial charge < -0.3 is 4.90 Å². The largest absolute Gasteiger partial charge is 0.316 e. The van der Waals surface area contributed by atoms with E-state index in [9.17, 15) is 0 Å². The van der Waals surface area contributed by atoms with Crippen LogP contribution in [0.3, 0.4) is 0 Å². The van der Waals surface area contributed by atoms with E-state index >= 15 is 0 Å². The molecule has 2 nitrogen and oxygen atoms in total. The van der Waals surface area contributed by atoms with Crippen LogP contribution in [0.25, 0.3) is 10.2 Å². The highest BCUT2D eigenvalue weighted by Crippen LogP contribution is 2.25. The quantitative estimate of drug-likeness (QED) is 0.714. The van der Waals surface area contributed by atoms with E-state index in [4.69, 9.17) is 23.8 Å². The van der Waals surface area contributed by atoms with Gasteiger partial charge in [-0.15, -0.1) is 11.3 Å². The molecule has 3 aromatic rings. The normalized spacial score (nSPS) is 12.7. The summed E-state index contributed by atoms with van der Waals surface area (Å²) in [6.07, 6.45) is 0. The fourth-order valence-electron chi connectivity index (χ4n) is 2.46. The number of halogens is 1. The number of fused-ring (bicyclic) bond motifs is 1. The molecule has 0 aliphatic carbocycles. The van der Waals surface area contributed by atoms with Crippen LogP contribution in [0.4, 0.5) is 0 Å². The number of hydrogen-bond donors (Lipinski definition) is 1. The third-order valence-electron chi connectivity index (χ3n) is 3.41. The highest BCUT2D eigenvalue weighted by atomic mass is 35.5. The van der Waals surface area contributed by atoms with Gasteiger partial charge in [0, 0.05) is 10.6 Å². The van der Waals surface area contributed by atoms with Crippen LogP contribution >= 0.6 is 35.2 Å². The molecule has 0 saturated heterocycles. The molecule has 0 aliphatic rings. The molecule has 2 aromatic carbocycles. The average molecular weight is 336 g/mol. The minimum absolute atomic E-state index is 0.754. The van der Waals surface area contributed by atoms with E-state index in [0.29, 0.717) is 0 Å². The molecule has 1 N–H and O–H groups in total. The van der Waals surface area contributed by atoms with Gasteiger partial charge in [0.15, 0.2) is 10.6 Å². The first-order chi connectivity index (χ1) is 10.1. The standard InChI is InChI=1S/C16H15ClN2S2/c1-18(10-12-5-3-2-4-6-12)11-19-14-9-13(17)7-8-15(14)21-16(19)20/h2-9H,10-11H2,1H3/p+1.